The van der Waals surface area contributed by atoms with Gasteiger partial charge in [-0.2, -0.15) is 0 Å². The monoisotopic (exact) mass is 570 g/mol. The highest BCUT2D eigenvalue weighted by Gasteiger charge is 2.33. The number of allylic oxidation sites excluding steroid dienone is 1. The number of benzene rings is 2. The molecular formula is C26H23BrN2O6S. The molecule has 0 bridgehead atoms. The minimum atomic E-state index is -0.704. The van der Waals surface area contributed by atoms with Gasteiger partial charge < -0.3 is 18.9 Å². The highest BCUT2D eigenvalue weighted by molar-refractivity contribution is 9.10. The van der Waals surface area contributed by atoms with Crippen LogP contribution in [0.25, 0.3) is 6.08 Å². The van der Waals surface area contributed by atoms with E-state index < -0.39 is 12.0 Å². The molecule has 1 atom stereocenters. The zero-order valence-corrected chi connectivity index (χ0v) is 22.3. The number of hydrogen-bond donors (Lipinski definition) is 0. The van der Waals surface area contributed by atoms with Gasteiger partial charge in [0.25, 0.3) is 5.56 Å². The normalized spacial score (nSPS) is 16.9. The summed E-state index contributed by atoms with van der Waals surface area (Å²) in [5.41, 5.74) is 2.12. The lowest BCUT2D eigenvalue weighted by molar-refractivity contribution is -0.139. The Morgan fingerprint density at radius 1 is 1.22 bits per heavy atom. The van der Waals surface area contributed by atoms with Gasteiger partial charge in [0, 0.05) is 0 Å². The van der Waals surface area contributed by atoms with Crippen molar-refractivity contribution in [3.8, 4) is 17.2 Å². The van der Waals surface area contributed by atoms with E-state index in [-0.39, 0.29) is 12.2 Å². The second-order valence-corrected chi connectivity index (χ2v) is 9.96. The third-order valence-electron chi connectivity index (χ3n) is 5.87. The van der Waals surface area contributed by atoms with Gasteiger partial charge in [-0.3, -0.25) is 9.36 Å². The topological polar surface area (TPSA) is 88.4 Å². The van der Waals surface area contributed by atoms with Crippen LogP contribution in [0.3, 0.4) is 0 Å². The number of halogens is 1. The van der Waals surface area contributed by atoms with Gasteiger partial charge in [0.15, 0.2) is 16.3 Å². The molecule has 0 saturated heterocycles. The first-order valence-electron chi connectivity index (χ1n) is 11.3. The summed E-state index contributed by atoms with van der Waals surface area (Å²) in [5, 5.41) is 0. The first-order valence-corrected chi connectivity index (χ1v) is 12.9. The number of esters is 1. The molecule has 2 aromatic carbocycles. The number of methoxy groups -OCH3 is 1. The summed E-state index contributed by atoms with van der Waals surface area (Å²) >= 11 is 4.79. The number of fused-ring (bicyclic) bond motifs is 2. The number of rotatable bonds is 5. The van der Waals surface area contributed by atoms with E-state index in [1.807, 2.05) is 30.3 Å². The van der Waals surface area contributed by atoms with Crippen LogP contribution in [0.15, 0.2) is 61.9 Å². The van der Waals surface area contributed by atoms with Crippen LogP contribution in [0.5, 0.6) is 17.2 Å². The Morgan fingerprint density at radius 2 is 2.00 bits per heavy atom. The standard InChI is InChI=1S/C26H23BrN2O6S/c1-4-33-25(31)22-14(2)28-26-29(23(22)16-6-8-18(32-3)17(27)13-16)24(30)21(36-26)12-15-5-7-19-20(11-15)35-10-9-34-19/h5-8,11-13,23H,4,9-10H2,1-3H3/b21-12+/t23-/m0/s1. The van der Waals surface area contributed by atoms with Crippen LogP contribution in [0.4, 0.5) is 0 Å². The Bertz CT molecular complexity index is 1570. The molecule has 0 aliphatic carbocycles. The molecule has 186 valence electrons. The van der Waals surface area contributed by atoms with E-state index in [0.717, 1.165) is 11.1 Å². The maximum atomic E-state index is 13.7. The van der Waals surface area contributed by atoms with E-state index in [1.54, 1.807) is 37.7 Å². The van der Waals surface area contributed by atoms with E-state index in [0.29, 0.717) is 55.5 Å². The van der Waals surface area contributed by atoms with E-state index in [4.69, 9.17) is 18.9 Å². The molecule has 0 fully saturated rings. The second-order valence-electron chi connectivity index (χ2n) is 8.10. The quantitative estimate of drug-likeness (QED) is 0.437. The van der Waals surface area contributed by atoms with Gasteiger partial charge in [-0.1, -0.05) is 23.5 Å². The minimum Gasteiger partial charge on any atom is -0.496 e. The lowest BCUT2D eigenvalue weighted by atomic mass is 9.96. The van der Waals surface area contributed by atoms with Gasteiger partial charge in [-0.05, 0) is 71.2 Å². The maximum Gasteiger partial charge on any atom is 0.338 e. The maximum absolute atomic E-state index is 13.7. The first kappa shape index (κ1) is 24.3. The molecule has 0 N–H and O–H groups in total. The molecule has 3 aromatic rings. The predicted molar refractivity (Wildman–Crippen MR) is 139 cm³/mol. The fourth-order valence-electron chi connectivity index (χ4n) is 4.26. The van der Waals surface area contributed by atoms with E-state index in [9.17, 15) is 9.59 Å². The molecule has 10 heteroatoms. The average Bonchev–Trinajstić information content (AvgIpc) is 3.17. The fourth-order valence-corrected chi connectivity index (χ4v) is 5.87. The van der Waals surface area contributed by atoms with E-state index >= 15 is 0 Å². The van der Waals surface area contributed by atoms with Crippen molar-refractivity contribution < 1.29 is 23.7 Å². The van der Waals surface area contributed by atoms with Crippen molar-refractivity contribution in [1.82, 2.24) is 4.57 Å². The minimum absolute atomic E-state index is 0.211. The van der Waals surface area contributed by atoms with Crippen LogP contribution < -0.4 is 29.1 Å². The summed E-state index contributed by atoms with van der Waals surface area (Å²) in [6.07, 6.45) is 1.80. The molecule has 36 heavy (non-hydrogen) atoms. The van der Waals surface area contributed by atoms with Gasteiger partial charge >= 0.3 is 5.97 Å². The largest absolute Gasteiger partial charge is 0.496 e. The molecule has 0 radical (unpaired) electrons. The summed E-state index contributed by atoms with van der Waals surface area (Å²) < 4.78 is 24.7. The number of hydrogen-bond acceptors (Lipinski definition) is 8. The first-order chi connectivity index (χ1) is 17.4. The van der Waals surface area contributed by atoms with Gasteiger partial charge in [-0.25, -0.2) is 9.79 Å². The van der Waals surface area contributed by atoms with Crippen LogP contribution in [0, 0.1) is 0 Å². The molecule has 1 aromatic heterocycles. The van der Waals surface area contributed by atoms with Gasteiger partial charge in [-0.15, -0.1) is 0 Å². The van der Waals surface area contributed by atoms with Crippen LogP contribution in [0.2, 0.25) is 0 Å². The van der Waals surface area contributed by atoms with E-state index in [2.05, 4.69) is 20.9 Å². The summed E-state index contributed by atoms with van der Waals surface area (Å²) in [5.74, 6) is 1.46. The Hall–Kier alpha value is -3.37. The Balaban J connectivity index is 1.68. The Morgan fingerprint density at radius 3 is 2.72 bits per heavy atom. The third kappa shape index (κ3) is 4.35. The molecule has 8 nitrogen and oxygen atoms in total. The Labute approximate surface area is 219 Å². The van der Waals surface area contributed by atoms with Crippen molar-refractivity contribution in [2.24, 2.45) is 4.99 Å². The molecule has 2 aliphatic heterocycles. The van der Waals surface area contributed by atoms with Crippen molar-refractivity contribution in [3.63, 3.8) is 0 Å². The number of thiazole rings is 1. The van der Waals surface area contributed by atoms with E-state index in [1.165, 1.54) is 11.3 Å². The van der Waals surface area contributed by atoms with Crippen molar-refractivity contribution in [1.29, 1.82) is 0 Å². The lowest BCUT2D eigenvalue weighted by Crippen LogP contribution is -2.40. The van der Waals surface area contributed by atoms with Crippen molar-refractivity contribution in [2.45, 2.75) is 19.9 Å². The molecule has 0 spiro atoms. The number of carbonyl (C=O) groups is 1. The second kappa shape index (κ2) is 9.94. The zero-order chi connectivity index (χ0) is 25.4. The smallest absolute Gasteiger partial charge is 0.338 e. The number of aromatic nitrogens is 1. The molecule has 0 saturated carbocycles. The average molecular weight is 571 g/mol. The zero-order valence-electron chi connectivity index (χ0n) is 19.9. The summed E-state index contributed by atoms with van der Waals surface area (Å²) in [6, 6.07) is 10.3. The van der Waals surface area contributed by atoms with Gasteiger partial charge in [0.05, 0.1) is 40.0 Å². The molecule has 2 aliphatic rings. The van der Waals surface area contributed by atoms with Crippen molar-refractivity contribution in [2.75, 3.05) is 26.9 Å². The predicted octanol–water partition coefficient (Wildman–Crippen LogP) is 3.34. The Kier molecular flexibility index (Phi) is 6.72. The van der Waals surface area contributed by atoms with Crippen LogP contribution in [-0.2, 0) is 9.53 Å². The molecular weight excluding hydrogens is 548 g/mol. The van der Waals surface area contributed by atoms with Gasteiger partial charge in [0.2, 0.25) is 0 Å². The van der Waals surface area contributed by atoms with Crippen molar-refractivity contribution >= 4 is 39.3 Å². The van der Waals surface area contributed by atoms with Crippen LogP contribution in [0.1, 0.15) is 31.0 Å². The summed E-state index contributed by atoms with van der Waals surface area (Å²) in [7, 11) is 1.58. The summed E-state index contributed by atoms with van der Waals surface area (Å²) in [6.45, 7) is 4.70. The number of nitrogens with zero attached hydrogens (tertiary/aromatic N) is 2. The molecule has 5 rings (SSSR count). The van der Waals surface area contributed by atoms with Crippen LogP contribution >= 0.6 is 27.3 Å². The summed E-state index contributed by atoms with van der Waals surface area (Å²) in [4.78, 5) is 31.9. The number of carbonyl (C=O) groups excluding carboxylic acids is 1. The highest BCUT2D eigenvalue weighted by Crippen LogP contribution is 2.35. The highest BCUT2D eigenvalue weighted by atomic mass is 79.9. The fraction of sp³-hybridized carbons (Fsp3) is 0.269. The molecule has 0 amide bonds. The van der Waals surface area contributed by atoms with Gasteiger partial charge in [0.1, 0.15) is 19.0 Å². The van der Waals surface area contributed by atoms with Crippen molar-refractivity contribution in [3.05, 3.63) is 83.0 Å². The molecule has 3 heterocycles. The third-order valence-corrected chi connectivity index (χ3v) is 7.48. The molecule has 0 unspecified atom stereocenters. The SMILES string of the molecule is CCOC(=O)C1=C(C)N=c2s/c(=C/c3ccc4c(c3)OCCO4)c(=O)n2[C@H]1c1ccc(OC)c(Br)c1. The van der Waals surface area contributed by atoms with Crippen LogP contribution in [-0.4, -0.2) is 37.5 Å². The lowest BCUT2D eigenvalue weighted by Gasteiger charge is -2.25. The number of ether oxygens (including phenoxy) is 4.